The van der Waals surface area contributed by atoms with Crippen LogP contribution in [0.15, 0.2) is 29.3 Å². The molecule has 0 radical (unpaired) electrons. The maximum absolute atomic E-state index is 13.7. The van der Waals surface area contributed by atoms with Crippen molar-refractivity contribution >= 4 is 47.4 Å². The van der Waals surface area contributed by atoms with Crippen molar-refractivity contribution < 1.29 is 48.9 Å². The lowest BCUT2D eigenvalue weighted by atomic mass is 10.0. The number of carbonyl (C=O) groups is 7. The molecule has 0 fully saturated rings. The van der Waals surface area contributed by atoms with Crippen LogP contribution in [0.4, 0.5) is 0 Å². The molecule has 1 rings (SSSR count). The highest BCUT2D eigenvalue weighted by molar-refractivity contribution is 5.96. The number of phenols is 1. The highest BCUT2D eigenvalue weighted by atomic mass is 16.4. The first kappa shape index (κ1) is 47.5. The van der Waals surface area contributed by atoms with Crippen molar-refractivity contribution in [3.8, 4) is 5.75 Å². The Morgan fingerprint density at radius 2 is 1.35 bits per heavy atom. The average molecular weight is 779 g/mol. The number of benzene rings is 1. The van der Waals surface area contributed by atoms with Crippen LogP contribution in [0.3, 0.4) is 0 Å². The number of aliphatic hydroxyl groups excluding tert-OH is 1. The van der Waals surface area contributed by atoms with E-state index in [4.69, 9.17) is 17.2 Å². The Morgan fingerprint density at radius 3 is 1.87 bits per heavy atom. The molecule has 0 aliphatic rings. The smallest absolute Gasteiger partial charge is 0.326 e. The summed E-state index contributed by atoms with van der Waals surface area (Å²) in [4.78, 5) is 93.8. The van der Waals surface area contributed by atoms with E-state index in [1.807, 2.05) is 13.8 Å². The molecule has 1 aromatic rings. The summed E-state index contributed by atoms with van der Waals surface area (Å²) >= 11 is 0. The van der Waals surface area contributed by atoms with E-state index >= 15 is 0 Å². The molecule has 0 aliphatic carbocycles. The van der Waals surface area contributed by atoms with Gasteiger partial charge < -0.3 is 64.4 Å². The maximum Gasteiger partial charge on any atom is 0.326 e. The van der Waals surface area contributed by atoms with Gasteiger partial charge in [-0.15, -0.1) is 0 Å². The third-order valence-corrected chi connectivity index (χ3v) is 8.13. The predicted octanol–water partition coefficient (Wildman–Crippen LogP) is -2.96. The number of guanidine groups is 1. The van der Waals surface area contributed by atoms with Gasteiger partial charge in [-0.1, -0.05) is 39.8 Å². The number of rotatable bonds is 23. The van der Waals surface area contributed by atoms with E-state index < -0.39 is 96.2 Å². The summed E-state index contributed by atoms with van der Waals surface area (Å²) in [5.41, 5.74) is 16.9. The molecule has 0 saturated heterocycles. The van der Waals surface area contributed by atoms with Crippen LogP contribution in [-0.4, -0.2) is 118 Å². The molecule has 20 heteroatoms. The monoisotopic (exact) mass is 778 g/mol. The zero-order chi connectivity index (χ0) is 42.0. The van der Waals surface area contributed by atoms with Gasteiger partial charge in [-0.05, 0) is 62.6 Å². The number of hydrogen-bond acceptors (Lipinski definition) is 11. The van der Waals surface area contributed by atoms with Gasteiger partial charge in [0, 0.05) is 13.0 Å². The Morgan fingerprint density at radius 1 is 0.745 bits per heavy atom. The number of carboxylic acid groups (broad SMARTS) is 1. The number of phenolic OH excluding ortho intramolecular Hbond substituents is 1. The molecule has 0 heterocycles. The standard InChI is InChI=1S/C35H58N10O10/c1-17(2)14-23(36)30(50)45-28(20(6)46)32(52)40-16-26(48)42-25(15-21-9-11-22(47)12-10-21)31(51)44-27(18(3)4)33(53)41-19(5)29(49)43-24(34(54)55)8-7-13-39-35(37)38/h9-12,17-20,23-25,27-28,46-47H,7-8,13-16,36H2,1-6H3,(H,40,52)(H,41,53)(H,42,48)(H,43,49)(H,44,51)(H,45,50)(H,54,55)(H4,37,38,39)/t19-,20+,23-,24-,25-,27-,28-/m0/s1. The molecule has 0 aromatic heterocycles. The molecule has 6 amide bonds. The van der Waals surface area contributed by atoms with E-state index in [1.54, 1.807) is 13.8 Å². The molecule has 308 valence electrons. The molecule has 55 heavy (non-hydrogen) atoms. The number of aliphatic imine (C=N–C) groups is 1. The van der Waals surface area contributed by atoms with Crippen LogP contribution >= 0.6 is 0 Å². The van der Waals surface area contributed by atoms with Gasteiger partial charge in [0.05, 0.1) is 18.7 Å². The SMILES string of the molecule is CC(C)C[C@H](N)C(=O)N[C@H](C(=O)NCC(=O)N[C@@H](Cc1ccc(O)cc1)C(=O)N[C@H](C(=O)N[C@@H](C)C(=O)N[C@@H](CCCN=C(N)N)C(=O)O)C(C)C)[C@@H](C)O. The average Bonchev–Trinajstić information content (AvgIpc) is 3.09. The second-order valence-corrected chi connectivity index (χ2v) is 14.0. The number of nitrogens with one attached hydrogen (secondary N) is 6. The second-order valence-electron chi connectivity index (χ2n) is 14.0. The Bertz CT molecular complexity index is 1500. The number of aliphatic carboxylic acids is 1. The Hall–Kier alpha value is -5.50. The molecule has 0 aliphatic heterocycles. The number of aromatic hydroxyl groups is 1. The normalized spacial score (nSPS) is 14.9. The zero-order valence-corrected chi connectivity index (χ0v) is 32.1. The van der Waals surface area contributed by atoms with Crippen LogP contribution in [0.1, 0.15) is 66.4 Å². The van der Waals surface area contributed by atoms with Crippen LogP contribution in [-0.2, 0) is 40.0 Å². The van der Waals surface area contributed by atoms with E-state index in [-0.39, 0.29) is 43.4 Å². The van der Waals surface area contributed by atoms with Gasteiger partial charge in [-0.2, -0.15) is 0 Å². The quantitative estimate of drug-likeness (QED) is 0.0301. The number of hydrogen-bond donors (Lipinski definition) is 12. The van der Waals surface area contributed by atoms with Gasteiger partial charge in [0.1, 0.15) is 36.0 Å². The van der Waals surface area contributed by atoms with E-state index in [0.717, 1.165) is 0 Å². The van der Waals surface area contributed by atoms with Crippen molar-refractivity contribution in [3.63, 3.8) is 0 Å². The minimum atomic E-state index is -1.43. The summed E-state index contributed by atoms with van der Waals surface area (Å²) in [5.74, 6) is -6.71. The molecule has 0 unspecified atom stereocenters. The molecule has 20 nitrogen and oxygen atoms in total. The summed E-state index contributed by atoms with van der Waals surface area (Å²) in [6, 6.07) is -1.65. The number of carboxylic acids is 1. The molecule has 0 saturated carbocycles. The van der Waals surface area contributed by atoms with E-state index in [1.165, 1.54) is 38.1 Å². The van der Waals surface area contributed by atoms with Crippen LogP contribution in [0.5, 0.6) is 5.75 Å². The number of amides is 6. The topological polar surface area (TPSA) is 343 Å². The summed E-state index contributed by atoms with van der Waals surface area (Å²) in [6.07, 6.45) is -0.875. The molecule has 0 bridgehead atoms. The Labute approximate surface area is 320 Å². The fraction of sp³-hybridized carbons (Fsp3) is 0.600. The van der Waals surface area contributed by atoms with E-state index in [9.17, 15) is 48.9 Å². The van der Waals surface area contributed by atoms with Gasteiger partial charge in [-0.3, -0.25) is 33.8 Å². The van der Waals surface area contributed by atoms with E-state index in [0.29, 0.717) is 12.0 Å². The van der Waals surface area contributed by atoms with Gasteiger partial charge in [-0.25, -0.2) is 4.79 Å². The van der Waals surface area contributed by atoms with Crippen molar-refractivity contribution in [3.05, 3.63) is 29.8 Å². The third kappa shape index (κ3) is 17.9. The number of carbonyl (C=O) groups excluding carboxylic acids is 6. The molecule has 0 spiro atoms. The van der Waals surface area contributed by atoms with E-state index in [2.05, 4.69) is 36.9 Å². The first-order chi connectivity index (χ1) is 25.6. The first-order valence-electron chi connectivity index (χ1n) is 17.9. The van der Waals surface area contributed by atoms with Crippen molar-refractivity contribution in [1.29, 1.82) is 0 Å². The Kier molecular flexibility index (Phi) is 20.1. The third-order valence-electron chi connectivity index (χ3n) is 8.13. The fourth-order valence-electron chi connectivity index (χ4n) is 5.10. The minimum Gasteiger partial charge on any atom is -0.508 e. The van der Waals surface area contributed by atoms with Crippen LogP contribution in [0.25, 0.3) is 0 Å². The summed E-state index contributed by atoms with van der Waals surface area (Å²) in [5, 5.41) is 44.1. The predicted molar refractivity (Wildman–Crippen MR) is 202 cm³/mol. The maximum atomic E-state index is 13.7. The lowest BCUT2D eigenvalue weighted by molar-refractivity contribution is -0.142. The van der Waals surface area contributed by atoms with Crippen LogP contribution in [0.2, 0.25) is 0 Å². The fourth-order valence-corrected chi connectivity index (χ4v) is 5.10. The zero-order valence-electron chi connectivity index (χ0n) is 32.1. The van der Waals surface area contributed by atoms with Gasteiger partial charge in [0.2, 0.25) is 35.4 Å². The lowest BCUT2D eigenvalue weighted by Gasteiger charge is -2.27. The number of aliphatic hydroxyl groups is 1. The van der Waals surface area contributed by atoms with Crippen LogP contribution < -0.4 is 49.1 Å². The number of nitrogens with zero attached hydrogens (tertiary/aromatic N) is 1. The van der Waals surface area contributed by atoms with Crippen LogP contribution in [0, 0.1) is 11.8 Å². The van der Waals surface area contributed by atoms with Crippen molar-refractivity contribution in [2.45, 2.75) is 110 Å². The second kappa shape index (κ2) is 23.3. The summed E-state index contributed by atoms with van der Waals surface area (Å²) in [6.45, 7) is 9.07. The first-order valence-corrected chi connectivity index (χ1v) is 17.9. The summed E-state index contributed by atoms with van der Waals surface area (Å²) < 4.78 is 0. The largest absolute Gasteiger partial charge is 0.508 e. The molecule has 15 N–H and O–H groups in total. The molecule has 1 aromatic carbocycles. The van der Waals surface area contributed by atoms with Gasteiger partial charge in [0.25, 0.3) is 0 Å². The minimum absolute atomic E-state index is 0.00582. The molecular weight excluding hydrogens is 720 g/mol. The lowest BCUT2D eigenvalue weighted by Crippen LogP contribution is -2.59. The molecular formula is C35H58N10O10. The highest BCUT2D eigenvalue weighted by Gasteiger charge is 2.32. The summed E-state index contributed by atoms with van der Waals surface area (Å²) in [7, 11) is 0. The number of nitrogens with two attached hydrogens (primary N) is 3. The van der Waals surface area contributed by atoms with Crippen molar-refractivity contribution in [2.24, 2.45) is 34.0 Å². The van der Waals surface area contributed by atoms with Gasteiger partial charge >= 0.3 is 5.97 Å². The van der Waals surface area contributed by atoms with Crippen molar-refractivity contribution in [2.75, 3.05) is 13.1 Å². The Balaban J connectivity index is 3.06. The van der Waals surface area contributed by atoms with Gasteiger partial charge in [0.15, 0.2) is 5.96 Å². The van der Waals surface area contributed by atoms with Crippen molar-refractivity contribution in [1.82, 2.24) is 31.9 Å². The molecule has 7 atom stereocenters. The highest BCUT2D eigenvalue weighted by Crippen LogP contribution is 2.13.